The molecule has 2 heterocycles. The largest absolute Gasteiger partial charge is 0.490 e. The van der Waals surface area contributed by atoms with Crippen molar-refractivity contribution in [2.24, 2.45) is 0 Å². The molecule has 1 saturated carbocycles. The monoisotopic (exact) mass is 487 g/mol. The first-order valence-corrected chi connectivity index (χ1v) is 12.8. The van der Waals surface area contributed by atoms with Crippen LogP contribution in [-0.4, -0.2) is 35.5 Å². The van der Waals surface area contributed by atoms with E-state index in [0.29, 0.717) is 17.4 Å². The maximum Gasteiger partial charge on any atom is 0.413 e. The van der Waals surface area contributed by atoms with E-state index in [-0.39, 0.29) is 11.6 Å². The van der Waals surface area contributed by atoms with E-state index in [2.05, 4.69) is 22.0 Å². The summed E-state index contributed by atoms with van der Waals surface area (Å²) in [4.78, 5) is 12.2. The van der Waals surface area contributed by atoms with Crippen molar-refractivity contribution in [2.45, 2.75) is 70.6 Å². The minimum Gasteiger partial charge on any atom is -0.490 e. The summed E-state index contributed by atoms with van der Waals surface area (Å²) in [7, 11) is 0. The van der Waals surface area contributed by atoms with Gasteiger partial charge in [0.05, 0.1) is 30.0 Å². The Bertz CT molecular complexity index is 1290. The molecule has 0 bridgehead atoms. The van der Waals surface area contributed by atoms with Gasteiger partial charge in [-0.1, -0.05) is 0 Å². The third-order valence-electron chi connectivity index (χ3n) is 6.81. The summed E-state index contributed by atoms with van der Waals surface area (Å²) in [6.07, 6.45) is 4.79. The van der Waals surface area contributed by atoms with Crippen LogP contribution in [-0.2, 0) is 4.74 Å². The lowest BCUT2D eigenvalue weighted by Crippen LogP contribution is -2.42. The van der Waals surface area contributed by atoms with Gasteiger partial charge < -0.3 is 24.1 Å². The van der Waals surface area contributed by atoms with Gasteiger partial charge in [0.15, 0.2) is 0 Å². The third-order valence-corrected chi connectivity index (χ3v) is 6.81. The average molecular weight is 488 g/mol. The fourth-order valence-corrected chi connectivity index (χ4v) is 4.89. The molecule has 1 saturated heterocycles. The Morgan fingerprint density at radius 3 is 2.36 bits per heavy atom. The summed E-state index contributed by atoms with van der Waals surface area (Å²) in [5, 5.41) is 13.9. The highest BCUT2D eigenvalue weighted by Crippen LogP contribution is 2.43. The van der Waals surface area contributed by atoms with Crippen molar-refractivity contribution < 1.29 is 19.0 Å². The smallest absolute Gasteiger partial charge is 0.413 e. The molecule has 5 rings (SSSR count). The summed E-state index contributed by atoms with van der Waals surface area (Å²) in [6.45, 7) is 7.16. The number of aromatic nitrogens is 1. The van der Waals surface area contributed by atoms with Crippen LogP contribution >= 0.6 is 0 Å². The Morgan fingerprint density at radius 2 is 1.75 bits per heavy atom. The molecule has 0 spiro atoms. The first kappa shape index (κ1) is 24.2. The maximum absolute atomic E-state index is 12.2. The number of nitrogens with one attached hydrogen (secondary N) is 1. The second kappa shape index (κ2) is 9.87. The van der Waals surface area contributed by atoms with E-state index in [9.17, 15) is 10.1 Å². The van der Waals surface area contributed by atoms with E-state index >= 15 is 0 Å². The van der Waals surface area contributed by atoms with Crippen LogP contribution in [0.15, 0.2) is 42.5 Å². The molecule has 1 aliphatic heterocycles. The molecule has 1 aliphatic carbocycles. The molecular weight excluding hydrogens is 454 g/mol. The third kappa shape index (κ3) is 5.05. The van der Waals surface area contributed by atoms with Gasteiger partial charge in [0.1, 0.15) is 23.7 Å². The molecule has 2 aliphatic rings. The van der Waals surface area contributed by atoms with Crippen LogP contribution in [0.25, 0.3) is 22.2 Å². The predicted molar refractivity (Wildman–Crippen MR) is 138 cm³/mol. The van der Waals surface area contributed by atoms with Crippen molar-refractivity contribution in [2.75, 3.05) is 13.2 Å². The standard InChI is InChI=1S/C29H33N3O4/c1-29(2,3)31-28(33)36-21-9-7-19(8-10-21)27-25(18-30)24-12-11-23(35-22-13-15-34-16-14-22)17-26(24)32(27)20-5-4-6-20/h7-12,17,20,22H,4-6,13-16H2,1-3H3,(H,31,33). The Morgan fingerprint density at radius 1 is 1.06 bits per heavy atom. The molecule has 188 valence electrons. The van der Waals surface area contributed by atoms with E-state index in [1.54, 1.807) is 12.1 Å². The molecule has 0 atom stereocenters. The van der Waals surface area contributed by atoms with E-state index in [1.165, 1.54) is 6.42 Å². The molecule has 0 radical (unpaired) electrons. The summed E-state index contributed by atoms with van der Waals surface area (Å²) < 4.78 is 19.5. The highest BCUT2D eigenvalue weighted by Gasteiger charge is 2.28. The van der Waals surface area contributed by atoms with Crippen LogP contribution < -0.4 is 14.8 Å². The van der Waals surface area contributed by atoms with Gasteiger partial charge in [-0.2, -0.15) is 5.26 Å². The minimum atomic E-state index is -0.492. The van der Waals surface area contributed by atoms with Crippen molar-refractivity contribution in [1.82, 2.24) is 9.88 Å². The summed E-state index contributed by atoms with van der Waals surface area (Å²) in [5.74, 6) is 1.29. The first-order valence-electron chi connectivity index (χ1n) is 12.8. The van der Waals surface area contributed by atoms with Crippen molar-refractivity contribution in [3.8, 4) is 28.8 Å². The highest BCUT2D eigenvalue weighted by molar-refractivity contribution is 5.95. The second-order valence-electron chi connectivity index (χ2n) is 10.7. The molecule has 0 unspecified atom stereocenters. The number of nitriles is 1. The summed E-state index contributed by atoms with van der Waals surface area (Å²) in [6, 6.07) is 16.3. The van der Waals surface area contributed by atoms with Crippen LogP contribution in [0, 0.1) is 11.3 Å². The van der Waals surface area contributed by atoms with Gasteiger partial charge in [-0.25, -0.2) is 4.79 Å². The Balaban J connectivity index is 1.50. The molecule has 2 fully saturated rings. The fraction of sp³-hybridized carbons (Fsp3) is 0.448. The average Bonchev–Trinajstić information content (AvgIpc) is 3.11. The van der Waals surface area contributed by atoms with Gasteiger partial charge in [-0.05, 0) is 82.0 Å². The Hall–Kier alpha value is -3.50. The van der Waals surface area contributed by atoms with Gasteiger partial charge in [0.25, 0.3) is 0 Å². The number of nitrogens with zero attached hydrogens (tertiary/aromatic N) is 2. The first-order chi connectivity index (χ1) is 17.3. The molecular formula is C29H33N3O4. The number of ether oxygens (including phenoxy) is 3. The molecule has 1 aromatic heterocycles. The van der Waals surface area contributed by atoms with Crippen LogP contribution in [0.5, 0.6) is 11.5 Å². The molecule has 2 aromatic carbocycles. The SMILES string of the molecule is CC(C)(C)NC(=O)Oc1ccc(-c2c(C#N)c3ccc(OC4CCOCC4)cc3n2C2CCC2)cc1. The number of fused-ring (bicyclic) bond motifs is 1. The zero-order valence-corrected chi connectivity index (χ0v) is 21.2. The normalized spacial score (nSPS) is 16.8. The molecule has 1 N–H and O–H groups in total. The van der Waals surface area contributed by atoms with Crippen molar-refractivity contribution in [3.05, 3.63) is 48.0 Å². The van der Waals surface area contributed by atoms with E-state index in [0.717, 1.165) is 66.8 Å². The van der Waals surface area contributed by atoms with Crippen molar-refractivity contribution in [3.63, 3.8) is 0 Å². The quantitative estimate of drug-likeness (QED) is 0.453. The van der Waals surface area contributed by atoms with Crippen LogP contribution in [0.3, 0.4) is 0 Å². The number of carbonyl (C=O) groups is 1. The number of benzene rings is 2. The summed E-state index contributed by atoms with van der Waals surface area (Å²) >= 11 is 0. The second-order valence-corrected chi connectivity index (χ2v) is 10.7. The van der Waals surface area contributed by atoms with Gasteiger partial charge in [0, 0.05) is 35.9 Å². The van der Waals surface area contributed by atoms with Crippen LogP contribution in [0.1, 0.15) is 64.5 Å². The molecule has 7 heteroatoms. The zero-order chi connectivity index (χ0) is 25.3. The van der Waals surface area contributed by atoms with E-state index in [1.807, 2.05) is 45.0 Å². The summed E-state index contributed by atoms with van der Waals surface area (Å²) in [5.41, 5.74) is 3.14. The topological polar surface area (TPSA) is 85.5 Å². The number of rotatable bonds is 5. The Labute approximate surface area is 211 Å². The van der Waals surface area contributed by atoms with Gasteiger partial charge in [-0.3, -0.25) is 0 Å². The van der Waals surface area contributed by atoms with Crippen molar-refractivity contribution in [1.29, 1.82) is 5.26 Å². The van der Waals surface area contributed by atoms with E-state index < -0.39 is 6.09 Å². The minimum absolute atomic E-state index is 0.154. The molecule has 3 aromatic rings. The number of hydrogen-bond donors (Lipinski definition) is 1. The number of carbonyl (C=O) groups excluding carboxylic acids is 1. The molecule has 1 amide bonds. The van der Waals surface area contributed by atoms with Crippen molar-refractivity contribution >= 4 is 17.0 Å². The lowest BCUT2D eigenvalue weighted by Gasteiger charge is -2.30. The number of hydrogen-bond acceptors (Lipinski definition) is 5. The maximum atomic E-state index is 12.2. The predicted octanol–water partition coefficient (Wildman–Crippen LogP) is 6.35. The zero-order valence-electron chi connectivity index (χ0n) is 21.2. The Kier molecular flexibility index (Phi) is 6.63. The lowest BCUT2D eigenvalue weighted by molar-refractivity contribution is 0.0256. The lowest BCUT2D eigenvalue weighted by atomic mass is 9.92. The number of amides is 1. The van der Waals surface area contributed by atoms with Gasteiger partial charge in [0.2, 0.25) is 0 Å². The molecule has 36 heavy (non-hydrogen) atoms. The highest BCUT2D eigenvalue weighted by atomic mass is 16.6. The van der Waals surface area contributed by atoms with E-state index in [4.69, 9.17) is 14.2 Å². The van der Waals surface area contributed by atoms with Gasteiger partial charge in [-0.15, -0.1) is 0 Å². The van der Waals surface area contributed by atoms with Gasteiger partial charge >= 0.3 is 6.09 Å². The van der Waals surface area contributed by atoms with Crippen LogP contribution in [0.4, 0.5) is 4.79 Å². The van der Waals surface area contributed by atoms with Crippen LogP contribution in [0.2, 0.25) is 0 Å². The molecule has 7 nitrogen and oxygen atoms in total. The fourth-order valence-electron chi connectivity index (χ4n) is 4.89.